The lowest BCUT2D eigenvalue weighted by atomic mass is 9.48. The first kappa shape index (κ1) is 28.6. The molecule has 1 unspecified atom stereocenters. The third-order valence-corrected chi connectivity index (χ3v) is 8.81. The van der Waals surface area contributed by atoms with Gasteiger partial charge in [0, 0.05) is 17.7 Å². The van der Waals surface area contributed by atoms with E-state index < -0.39 is 34.5 Å². The number of hydrogen-bond donors (Lipinski definition) is 0. The second-order valence-electron chi connectivity index (χ2n) is 12.3. The molecule has 9 nitrogen and oxygen atoms in total. The number of ether oxygens (including phenoxy) is 3. The molecule has 2 aromatic carbocycles. The number of para-hydroxylation sites is 1. The van der Waals surface area contributed by atoms with Crippen LogP contribution in [0.1, 0.15) is 65.0 Å². The van der Waals surface area contributed by atoms with Crippen LogP contribution in [0.4, 0.5) is 4.79 Å². The fraction of sp³-hybridized carbons (Fsp3) is 0.500. The number of aryl methyl sites for hydroxylation is 1. The normalized spacial score (nSPS) is 25.0. The second-order valence-corrected chi connectivity index (χ2v) is 12.3. The van der Waals surface area contributed by atoms with Gasteiger partial charge in [-0.2, -0.15) is 0 Å². The van der Waals surface area contributed by atoms with Gasteiger partial charge in [0.05, 0.1) is 23.9 Å². The Morgan fingerprint density at radius 1 is 1.05 bits per heavy atom. The summed E-state index contributed by atoms with van der Waals surface area (Å²) in [5.41, 5.74) is 1.91. The SMILES string of the molecule is CO/N=C1\CCC2(C)c3cc4c5ccccc5n(C(=O)OC(C)(C)C)c4cc3CC[C@H]2[C@@]1(COC(C)=O)C(=O)OC. The zero-order valence-corrected chi connectivity index (χ0v) is 24.8. The smallest absolute Gasteiger partial charge is 0.419 e. The Bertz CT molecular complexity index is 1580. The van der Waals surface area contributed by atoms with Crippen LogP contribution in [0.2, 0.25) is 0 Å². The number of esters is 2. The molecule has 218 valence electrons. The van der Waals surface area contributed by atoms with Gasteiger partial charge in [-0.15, -0.1) is 0 Å². The van der Waals surface area contributed by atoms with Gasteiger partial charge in [-0.1, -0.05) is 30.3 Å². The first-order chi connectivity index (χ1) is 19.4. The topological polar surface area (TPSA) is 105 Å². The molecular formula is C32H38N2O7. The highest BCUT2D eigenvalue weighted by atomic mass is 16.6. The number of oxime groups is 1. The molecule has 0 bridgehead atoms. The van der Waals surface area contributed by atoms with Crippen molar-refractivity contribution in [2.45, 2.75) is 71.3 Å². The number of carbonyl (C=O) groups is 3. The molecule has 1 heterocycles. The van der Waals surface area contributed by atoms with Gasteiger partial charge in [0.15, 0.2) is 0 Å². The van der Waals surface area contributed by atoms with Crippen LogP contribution in [0.5, 0.6) is 0 Å². The molecule has 41 heavy (non-hydrogen) atoms. The molecule has 1 fully saturated rings. The van der Waals surface area contributed by atoms with Gasteiger partial charge in [0.25, 0.3) is 0 Å². The van der Waals surface area contributed by atoms with Gasteiger partial charge in [0.2, 0.25) is 0 Å². The molecular weight excluding hydrogens is 524 g/mol. The van der Waals surface area contributed by atoms with E-state index in [9.17, 15) is 14.4 Å². The Morgan fingerprint density at radius 2 is 1.78 bits per heavy atom. The molecule has 0 saturated heterocycles. The van der Waals surface area contributed by atoms with E-state index in [4.69, 9.17) is 19.0 Å². The fourth-order valence-corrected chi connectivity index (χ4v) is 7.15. The number of fused-ring (bicyclic) bond motifs is 6. The maximum Gasteiger partial charge on any atom is 0.419 e. The lowest BCUT2D eigenvalue weighted by Crippen LogP contribution is -2.61. The lowest BCUT2D eigenvalue weighted by Gasteiger charge is -2.54. The molecule has 0 spiro atoms. The van der Waals surface area contributed by atoms with Crippen LogP contribution in [0.3, 0.4) is 0 Å². The fourth-order valence-electron chi connectivity index (χ4n) is 7.15. The van der Waals surface area contributed by atoms with Crippen molar-refractivity contribution in [1.82, 2.24) is 4.57 Å². The summed E-state index contributed by atoms with van der Waals surface area (Å²) in [4.78, 5) is 44.3. The molecule has 9 heteroatoms. The van der Waals surface area contributed by atoms with Crippen LogP contribution in [0, 0.1) is 11.3 Å². The van der Waals surface area contributed by atoms with Crippen molar-refractivity contribution >= 4 is 45.5 Å². The molecule has 0 radical (unpaired) electrons. The van der Waals surface area contributed by atoms with Crippen LogP contribution < -0.4 is 0 Å². The van der Waals surface area contributed by atoms with Gasteiger partial charge in [0.1, 0.15) is 24.7 Å². The molecule has 2 aliphatic carbocycles. The van der Waals surface area contributed by atoms with E-state index in [1.165, 1.54) is 21.1 Å². The van der Waals surface area contributed by atoms with Crippen molar-refractivity contribution in [3.8, 4) is 0 Å². The molecule has 0 N–H and O–H groups in total. The lowest BCUT2D eigenvalue weighted by molar-refractivity contribution is -0.163. The summed E-state index contributed by atoms with van der Waals surface area (Å²) in [5.74, 6) is -1.24. The number of nitrogens with zero attached hydrogens (tertiary/aromatic N) is 2. The Hall–Kier alpha value is -3.88. The molecule has 5 rings (SSSR count). The number of carbonyl (C=O) groups excluding carboxylic acids is 3. The van der Waals surface area contributed by atoms with Crippen LogP contribution in [0.25, 0.3) is 21.8 Å². The highest BCUT2D eigenvalue weighted by Crippen LogP contribution is 2.57. The number of rotatable bonds is 4. The number of methoxy groups -OCH3 is 1. The minimum absolute atomic E-state index is 0.174. The third-order valence-electron chi connectivity index (χ3n) is 8.81. The first-order valence-electron chi connectivity index (χ1n) is 14.0. The average molecular weight is 563 g/mol. The zero-order valence-electron chi connectivity index (χ0n) is 24.8. The predicted octanol–water partition coefficient (Wildman–Crippen LogP) is 5.92. The number of benzene rings is 2. The summed E-state index contributed by atoms with van der Waals surface area (Å²) < 4.78 is 18.4. The van der Waals surface area contributed by atoms with Gasteiger partial charge >= 0.3 is 18.0 Å². The largest absolute Gasteiger partial charge is 0.468 e. The quantitative estimate of drug-likeness (QED) is 0.221. The number of hydrogen-bond acceptors (Lipinski definition) is 8. The van der Waals surface area contributed by atoms with Crippen molar-refractivity contribution in [2.24, 2.45) is 16.5 Å². The molecule has 3 aromatic rings. The van der Waals surface area contributed by atoms with Crippen LogP contribution in [0.15, 0.2) is 41.6 Å². The minimum atomic E-state index is -1.29. The van der Waals surface area contributed by atoms with E-state index in [-0.39, 0.29) is 12.5 Å². The van der Waals surface area contributed by atoms with Gasteiger partial charge in [-0.3, -0.25) is 9.59 Å². The van der Waals surface area contributed by atoms with Crippen LogP contribution in [-0.4, -0.2) is 54.7 Å². The van der Waals surface area contributed by atoms with E-state index >= 15 is 0 Å². The first-order valence-corrected chi connectivity index (χ1v) is 14.0. The van der Waals surface area contributed by atoms with Crippen LogP contribution >= 0.6 is 0 Å². The van der Waals surface area contributed by atoms with E-state index in [2.05, 4.69) is 24.2 Å². The summed E-state index contributed by atoms with van der Waals surface area (Å²) in [5, 5.41) is 6.16. The monoisotopic (exact) mass is 562 g/mol. The summed E-state index contributed by atoms with van der Waals surface area (Å²) in [7, 11) is 2.79. The Morgan fingerprint density at radius 3 is 2.44 bits per heavy atom. The van der Waals surface area contributed by atoms with Gasteiger partial charge < -0.3 is 19.0 Å². The average Bonchev–Trinajstić information content (AvgIpc) is 3.24. The number of aromatic nitrogens is 1. The van der Waals surface area contributed by atoms with E-state index in [0.717, 1.165) is 32.9 Å². The zero-order chi connectivity index (χ0) is 29.7. The highest BCUT2D eigenvalue weighted by molar-refractivity contribution is 6.13. The Balaban J connectivity index is 1.73. The van der Waals surface area contributed by atoms with E-state index in [0.29, 0.717) is 31.4 Å². The highest BCUT2D eigenvalue weighted by Gasteiger charge is 2.62. The van der Waals surface area contributed by atoms with Crippen molar-refractivity contribution in [3.05, 3.63) is 47.5 Å². The van der Waals surface area contributed by atoms with E-state index in [1.54, 1.807) is 4.57 Å². The molecule has 2 aliphatic rings. The van der Waals surface area contributed by atoms with Crippen molar-refractivity contribution in [1.29, 1.82) is 0 Å². The predicted molar refractivity (Wildman–Crippen MR) is 155 cm³/mol. The molecule has 3 atom stereocenters. The summed E-state index contributed by atoms with van der Waals surface area (Å²) in [6.07, 6.45) is 2.03. The molecule has 0 amide bonds. The molecule has 1 aromatic heterocycles. The molecule has 1 saturated carbocycles. The Labute approximate surface area is 239 Å². The summed E-state index contributed by atoms with van der Waals surface area (Å²) in [6.45, 7) is 8.89. The standard InChI is InChI=1S/C32H38N2O7/c1-19(35)40-18-32(28(36)38-6)26-13-12-20-16-25-22(17-23(20)31(26,5)15-14-27(32)33-39-7)21-10-8-9-11-24(21)34(25)29(37)41-30(2,3)4/h8-11,16-17,26H,12-15,18H2,1-7H3/b33-27+/t26-,31?,32-/m1/s1. The Kier molecular flexibility index (Phi) is 7.12. The van der Waals surface area contributed by atoms with Crippen molar-refractivity contribution in [3.63, 3.8) is 0 Å². The summed E-state index contributed by atoms with van der Waals surface area (Å²) in [6, 6.07) is 12.1. The molecule has 0 aliphatic heterocycles. The van der Waals surface area contributed by atoms with Crippen molar-refractivity contribution < 1.29 is 33.4 Å². The maximum absolute atomic E-state index is 13.7. The third kappa shape index (κ3) is 4.55. The minimum Gasteiger partial charge on any atom is -0.468 e. The second kappa shape index (κ2) is 10.2. The summed E-state index contributed by atoms with van der Waals surface area (Å²) >= 11 is 0. The maximum atomic E-state index is 13.7. The van der Waals surface area contributed by atoms with Crippen LogP contribution in [-0.2, 0) is 40.5 Å². The van der Waals surface area contributed by atoms with Gasteiger partial charge in [-0.25, -0.2) is 9.36 Å². The van der Waals surface area contributed by atoms with E-state index in [1.807, 2.05) is 45.0 Å². The van der Waals surface area contributed by atoms with Gasteiger partial charge in [-0.05, 0) is 87.1 Å². The van der Waals surface area contributed by atoms with Crippen molar-refractivity contribution in [2.75, 3.05) is 20.8 Å².